The average Bonchev–Trinajstić information content (AvgIpc) is 2.62. The number of aromatic nitrogens is 1. The Labute approximate surface area is 135 Å². The zero-order chi connectivity index (χ0) is 15.4. The van der Waals surface area contributed by atoms with Gasteiger partial charge in [-0.25, -0.2) is 4.98 Å². The molecule has 116 valence electrons. The van der Waals surface area contributed by atoms with Gasteiger partial charge in [0.2, 0.25) is 5.91 Å². The van der Waals surface area contributed by atoms with E-state index < -0.39 is 0 Å². The summed E-state index contributed by atoms with van der Waals surface area (Å²) >= 11 is 1.93. The maximum atomic E-state index is 12.5. The zero-order valence-corrected chi connectivity index (χ0v) is 13.4. The number of rotatable bonds is 2. The molecule has 3 rings (SSSR count). The SMILES string of the molecule is N#Cc1ccc(N2CCC(C(=O)N3CCSCC3)CC2)cn1. The number of anilines is 1. The molecule has 0 bridgehead atoms. The van der Waals surface area contributed by atoms with Gasteiger partial charge in [-0.3, -0.25) is 4.79 Å². The number of pyridine rings is 1. The van der Waals surface area contributed by atoms with Crippen LogP contribution in [0.25, 0.3) is 0 Å². The van der Waals surface area contributed by atoms with Crippen LogP contribution < -0.4 is 4.90 Å². The molecule has 0 N–H and O–H groups in total. The highest BCUT2D eigenvalue weighted by Gasteiger charge is 2.29. The second-order valence-electron chi connectivity index (χ2n) is 5.71. The summed E-state index contributed by atoms with van der Waals surface area (Å²) in [5.41, 5.74) is 1.48. The first kappa shape index (κ1) is 15.2. The fourth-order valence-corrected chi connectivity index (χ4v) is 3.97. The van der Waals surface area contributed by atoms with Crippen LogP contribution in [0, 0.1) is 17.2 Å². The van der Waals surface area contributed by atoms with Gasteiger partial charge in [-0.15, -0.1) is 0 Å². The van der Waals surface area contributed by atoms with E-state index in [0.717, 1.165) is 56.2 Å². The van der Waals surface area contributed by atoms with Crippen molar-refractivity contribution in [2.24, 2.45) is 5.92 Å². The fourth-order valence-electron chi connectivity index (χ4n) is 3.07. The van der Waals surface area contributed by atoms with Gasteiger partial charge in [0.1, 0.15) is 11.8 Å². The lowest BCUT2D eigenvalue weighted by molar-refractivity contribution is -0.135. The Morgan fingerprint density at radius 2 is 1.95 bits per heavy atom. The Hall–Kier alpha value is -1.74. The molecule has 3 heterocycles. The molecule has 0 aromatic carbocycles. The van der Waals surface area contributed by atoms with Crippen LogP contribution in [0.2, 0.25) is 0 Å². The van der Waals surface area contributed by atoms with Gasteiger partial charge in [0, 0.05) is 43.6 Å². The number of hydrogen-bond acceptors (Lipinski definition) is 5. The van der Waals surface area contributed by atoms with E-state index in [4.69, 9.17) is 5.26 Å². The van der Waals surface area contributed by atoms with Crippen molar-refractivity contribution in [2.45, 2.75) is 12.8 Å². The van der Waals surface area contributed by atoms with Gasteiger partial charge in [0.15, 0.2) is 0 Å². The highest BCUT2D eigenvalue weighted by atomic mass is 32.2. The van der Waals surface area contributed by atoms with Gasteiger partial charge in [-0.2, -0.15) is 17.0 Å². The van der Waals surface area contributed by atoms with E-state index in [9.17, 15) is 4.79 Å². The van der Waals surface area contributed by atoms with Gasteiger partial charge in [-0.05, 0) is 25.0 Å². The normalized spacial score (nSPS) is 19.8. The molecule has 0 spiro atoms. The van der Waals surface area contributed by atoms with Crippen LogP contribution in [0.4, 0.5) is 5.69 Å². The largest absolute Gasteiger partial charge is 0.370 e. The van der Waals surface area contributed by atoms with Crippen LogP contribution in [0.3, 0.4) is 0 Å². The van der Waals surface area contributed by atoms with Crippen LogP contribution in [0.1, 0.15) is 18.5 Å². The van der Waals surface area contributed by atoms with Gasteiger partial charge in [0.05, 0.1) is 11.9 Å². The molecule has 2 saturated heterocycles. The first-order valence-electron chi connectivity index (χ1n) is 7.75. The van der Waals surface area contributed by atoms with Crippen molar-refractivity contribution in [1.29, 1.82) is 5.26 Å². The van der Waals surface area contributed by atoms with Crippen LogP contribution in [0.5, 0.6) is 0 Å². The van der Waals surface area contributed by atoms with Crippen LogP contribution in [0.15, 0.2) is 18.3 Å². The summed E-state index contributed by atoms with van der Waals surface area (Å²) < 4.78 is 0. The molecule has 5 nitrogen and oxygen atoms in total. The molecule has 0 unspecified atom stereocenters. The molecule has 0 radical (unpaired) electrons. The molecule has 6 heteroatoms. The maximum absolute atomic E-state index is 12.5. The van der Waals surface area contributed by atoms with Crippen molar-refractivity contribution in [1.82, 2.24) is 9.88 Å². The number of carbonyl (C=O) groups excluding carboxylic acids is 1. The molecule has 22 heavy (non-hydrogen) atoms. The predicted octanol–water partition coefficient (Wildman–Crippen LogP) is 1.75. The number of hydrogen-bond donors (Lipinski definition) is 0. The summed E-state index contributed by atoms with van der Waals surface area (Å²) in [6.07, 6.45) is 3.56. The van der Waals surface area contributed by atoms with E-state index in [1.165, 1.54) is 0 Å². The summed E-state index contributed by atoms with van der Waals surface area (Å²) in [6, 6.07) is 5.72. The van der Waals surface area contributed by atoms with Gasteiger partial charge < -0.3 is 9.80 Å². The van der Waals surface area contributed by atoms with Crippen LogP contribution in [-0.4, -0.2) is 53.5 Å². The van der Waals surface area contributed by atoms with Crippen molar-refractivity contribution < 1.29 is 4.79 Å². The number of amides is 1. The van der Waals surface area contributed by atoms with Crippen LogP contribution in [-0.2, 0) is 4.79 Å². The maximum Gasteiger partial charge on any atom is 0.225 e. The molecular weight excluding hydrogens is 296 g/mol. The average molecular weight is 316 g/mol. The van der Waals surface area contributed by atoms with E-state index in [2.05, 4.69) is 9.88 Å². The van der Waals surface area contributed by atoms with Crippen molar-refractivity contribution in [2.75, 3.05) is 42.6 Å². The monoisotopic (exact) mass is 316 g/mol. The second-order valence-corrected chi connectivity index (χ2v) is 6.94. The van der Waals surface area contributed by atoms with Crippen LogP contribution >= 0.6 is 11.8 Å². The predicted molar refractivity (Wildman–Crippen MR) is 87.8 cm³/mol. The summed E-state index contributed by atoms with van der Waals surface area (Å²) in [5, 5.41) is 8.79. The summed E-state index contributed by atoms with van der Waals surface area (Å²) in [5.74, 6) is 2.66. The van der Waals surface area contributed by atoms with E-state index in [1.807, 2.05) is 28.8 Å². The summed E-state index contributed by atoms with van der Waals surface area (Å²) in [6.45, 7) is 3.58. The Morgan fingerprint density at radius 3 is 2.55 bits per heavy atom. The van der Waals surface area contributed by atoms with E-state index in [1.54, 1.807) is 12.3 Å². The minimum absolute atomic E-state index is 0.172. The first-order chi connectivity index (χ1) is 10.8. The Balaban J connectivity index is 1.55. The van der Waals surface area contributed by atoms with Gasteiger partial charge in [-0.1, -0.05) is 0 Å². The van der Waals surface area contributed by atoms with Crippen molar-refractivity contribution in [3.63, 3.8) is 0 Å². The summed E-state index contributed by atoms with van der Waals surface area (Å²) in [7, 11) is 0. The highest BCUT2D eigenvalue weighted by Crippen LogP contribution is 2.25. The number of nitriles is 1. The van der Waals surface area contributed by atoms with E-state index in [0.29, 0.717) is 11.6 Å². The molecule has 1 aromatic heterocycles. The molecule has 0 aliphatic carbocycles. The lowest BCUT2D eigenvalue weighted by Gasteiger charge is -2.36. The highest BCUT2D eigenvalue weighted by molar-refractivity contribution is 7.99. The molecule has 2 aliphatic heterocycles. The first-order valence-corrected chi connectivity index (χ1v) is 8.91. The number of carbonyl (C=O) groups is 1. The lowest BCUT2D eigenvalue weighted by Crippen LogP contribution is -2.45. The van der Waals surface area contributed by atoms with Gasteiger partial charge in [0.25, 0.3) is 0 Å². The van der Waals surface area contributed by atoms with E-state index in [-0.39, 0.29) is 5.92 Å². The minimum atomic E-state index is 0.172. The standard InChI is InChI=1S/C16H20N4OS/c17-11-14-1-2-15(12-18-14)19-5-3-13(4-6-19)16(21)20-7-9-22-10-8-20/h1-2,12-13H,3-10H2. The molecule has 0 atom stereocenters. The Morgan fingerprint density at radius 1 is 1.23 bits per heavy atom. The smallest absolute Gasteiger partial charge is 0.225 e. The number of nitrogens with zero attached hydrogens (tertiary/aromatic N) is 4. The topological polar surface area (TPSA) is 60.2 Å². The molecule has 2 fully saturated rings. The molecular formula is C16H20N4OS. The molecule has 0 saturated carbocycles. The zero-order valence-electron chi connectivity index (χ0n) is 12.6. The van der Waals surface area contributed by atoms with Crippen molar-refractivity contribution in [3.05, 3.63) is 24.0 Å². The van der Waals surface area contributed by atoms with Crippen molar-refractivity contribution >= 4 is 23.4 Å². The second kappa shape index (κ2) is 7.01. The third-order valence-corrected chi connectivity index (χ3v) is 5.34. The molecule has 1 amide bonds. The fraction of sp³-hybridized carbons (Fsp3) is 0.562. The van der Waals surface area contributed by atoms with E-state index >= 15 is 0 Å². The lowest BCUT2D eigenvalue weighted by atomic mass is 9.95. The minimum Gasteiger partial charge on any atom is -0.370 e. The third-order valence-electron chi connectivity index (χ3n) is 4.39. The quantitative estimate of drug-likeness (QED) is 0.832. The van der Waals surface area contributed by atoms with Crippen molar-refractivity contribution in [3.8, 4) is 6.07 Å². The van der Waals surface area contributed by atoms with Gasteiger partial charge >= 0.3 is 0 Å². The number of thioether (sulfide) groups is 1. The molecule has 2 aliphatic rings. The summed E-state index contributed by atoms with van der Waals surface area (Å²) in [4.78, 5) is 20.9. The Kier molecular flexibility index (Phi) is 4.84. The molecule has 1 aromatic rings. The third kappa shape index (κ3) is 3.36. The Bertz CT molecular complexity index is 555. The number of piperidine rings is 1.